The van der Waals surface area contributed by atoms with E-state index in [1.54, 1.807) is 19.9 Å². The quantitative estimate of drug-likeness (QED) is 0.671. The Labute approximate surface area is 163 Å². The van der Waals surface area contributed by atoms with Crippen molar-refractivity contribution in [3.05, 3.63) is 47.3 Å². The highest BCUT2D eigenvalue weighted by Crippen LogP contribution is 2.40. The standard InChI is InChI=1S/C19H17F4N5O/c1-9-5-15(13-6-12(20)7-24-10(13)2)26-17-14(8-25-28(9)17)18(29)27-16(11-3-4-11)19(21,22)23/h5-8,11,16H,3-4H2,1-2H3,(H,27,29). The van der Waals surface area contributed by atoms with E-state index < -0.39 is 29.9 Å². The number of halogens is 4. The smallest absolute Gasteiger partial charge is 0.340 e. The molecule has 3 aromatic rings. The summed E-state index contributed by atoms with van der Waals surface area (Å²) in [6.07, 6.45) is -1.42. The van der Waals surface area contributed by atoms with Gasteiger partial charge in [0.1, 0.15) is 17.4 Å². The van der Waals surface area contributed by atoms with Gasteiger partial charge in [0.25, 0.3) is 5.91 Å². The molecule has 0 aliphatic heterocycles. The van der Waals surface area contributed by atoms with Gasteiger partial charge in [-0.25, -0.2) is 13.9 Å². The molecule has 0 aromatic carbocycles. The maximum atomic E-state index is 13.7. The third-order valence-corrected chi connectivity index (χ3v) is 4.96. The number of carbonyl (C=O) groups excluding carboxylic acids is 1. The number of hydrogen-bond acceptors (Lipinski definition) is 4. The highest BCUT2D eigenvalue weighted by molar-refractivity contribution is 6.00. The predicted octanol–water partition coefficient (Wildman–Crippen LogP) is 3.62. The largest absolute Gasteiger partial charge is 0.408 e. The number of carbonyl (C=O) groups is 1. The lowest BCUT2D eigenvalue weighted by Gasteiger charge is -2.20. The molecular formula is C19H17F4N5O. The van der Waals surface area contributed by atoms with E-state index in [1.165, 1.54) is 16.8 Å². The Morgan fingerprint density at radius 3 is 2.62 bits per heavy atom. The molecule has 1 aliphatic rings. The first kappa shape index (κ1) is 19.3. The van der Waals surface area contributed by atoms with Crippen LogP contribution in [0.1, 0.15) is 34.6 Å². The first-order chi connectivity index (χ1) is 13.6. The van der Waals surface area contributed by atoms with Crippen LogP contribution in [0.15, 0.2) is 24.5 Å². The summed E-state index contributed by atoms with van der Waals surface area (Å²) in [6, 6.07) is 1.01. The van der Waals surface area contributed by atoms with E-state index >= 15 is 0 Å². The van der Waals surface area contributed by atoms with Crippen LogP contribution in [0.25, 0.3) is 16.9 Å². The number of aromatic nitrogens is 4. The molecule has 0 bridgehead atoms. The van der Waals surface area contributed by atoms with Crippen LogP contribution in [-0.2, 0) is 0 Å². The molecule has 0 saturated heterocycles. The molecule has 0 spiro atoms. The number of pyridine rings is 1. The van der Waals surface area contributed by atoms with E-state index in [0.29, 0.717) is 35.5 Å². The second-order valence-electron chi connectivity index (χ2n) is 7.19. The molecule has 4 rings (SSSR count). The zero-order valence-corrected chi connectivity index (χ0v) is 15.6. The first-order valence-corrected chi connectivity index (χ1v) is 9.00. The monoisotopic (exact) mass is 407 g/mol. The summed E-state index contributed by atoms with van der Waals surface area (Å²) in [5.74, 6) is -2.05. The van der Waals surface area contributed by atoms with E-state index in [0.717, 1.165) is 6.20 Å². The summed E-state index contributed by atoms with van der Waals surface area (Å²) >= 11 is 0. The van der Waals surface area contributed by atoms with Crippen molar-refractivity contribution in [2.45, 2.75) is 38.9 Å². The van der Waals surface area contributed by atoms with Crippen molar-refractivity contribution in [2.75, 3.05) is 0 Å². The molecule has 10 heteroatoms. The van der Waals surface area contributed by atoms with Crippen molar-refractivity contribution in [3.63, 3.8) is 0 Å². The van der Waals surface area contributed by atoms with Crippen molar-refractivity contribution in [2.24, 2.45) is 5.92 Å². The number of nitrogens with one attached hydrogen (secondary N) is 1. The van der Waals surface area contributed by atoms with Gasteiger partial charge in [-0.1, -0.05) is 0 Å². The summed E-state index contributed by atoms with van der Waals surface area (Å²) in [5.41, 5.74) is 1.91. The average molecular weight is 407 g/mol. The van der Waals surface area contributed by atoms with Crippen LogP contribution in [0.2, 0.25) is 0 Å². The summed E-state index contributed by atoms with van der Waals surface area (Å²) in [5, 5.41) is 6.15. The van der Waals surface area contributed by atoms with Gasteiger partial charge in [0.05, 0.1) is 18.1 Å². The first-order valence-electron chi connectivity index (χ1n) is 9.00. The third-order valence-electron chi connectivity index (χ3n) is 4.96. The minimum Gasteiger partial charge on any atom is -0.340 e. The second kappa shape index (κ2) is 6.78. The lowest BCUT2D eigenvalue weighted by Crippen LogP contribution is -2.46. The number of rotatable bonds is 4. The molecule has 152 valence electrons. The molecule has 1 fully saturated rings. The molecule has 1 amide bonds. The maximum absolute atomic E-state index is 13.7. The molecule has 1 saturated carbocycles. The van der Waals surface area contributed by atoms with E-state index in [9.17, 15) is 22.4 Å². The van der Waals surface area contributed by atoms with Crippen molar-refractivity contribution in [1.29, 1.82) is 0 Å². The minimum atomic E-state index is -4.53. The summed E-state index contributed by atoms with van der Waals surface area (Å²) in [6.45, 7) is 3.39. The number of amides is 1. The lowest BCUT2D eigenvalue weighted by molar-refractivity contribution is -0.158. The van der Waals surface area contributed by atoms with Gasteiger partial charge in [-0.05, 0) is 44.7 Å². The van der Waals surface area contributed by atoms with E-state index in [1.807, 2.05) is 0 Å². The summed E-state index contributed by atoms with van der Waals surface area (Å²) in [4.78, 5) is 20.9. The summed E-state index contributed by atoms with van der Waals surface area (Å²) in [7, 11) is 0. The SMILES string of the molecule is Cc1ncc(F)cc1-c1cc(C)n2ncc(C(=O)NC(C3CC3)C(F)(F)F)c2n1. The number of nitrogens with zero attached hydrogens (tertiary/aromatic N) is 4. The van der Waals surface area contributed by atoms with Gasteiger partial charge in [-0.15, -0.1) is 0 Å². The van der Waals surface area contributed by atoms with Gasteiger partial charge in [0.15, 0.2) is 5.65 Å². The van der Waals surface area contributed by atoms with E-state index in [-0.39, 0.29) is 11.2 Å². The Morgan fingerprint density at radius 2 is 1.97 bits per heavy atom. The van der Waals surface area contributed by atoms with Crippen molar-refractivity contribution >= 4 is 11.6 Å². The number of alkyl halides is 3. The molecule has 3 aromatic heterocycles. The van der Waals surface area contributed by atoms with E-state index in [4.69, 9.17) is 0 Å². The van der Waals surface area contributed by atoms with Crippen LogP contribution in [0, 0.1) is 25.6 Å². The molecule has 1 atom stereocenters. The molecule has 3 heterocycles. The highest BCUT2D eigenvalue weighted by atomic mass is 19.4. The highest BCUT2D eigenvalue weighted by Gasteiger charge is 2.49. The topological polar surface area (TPSA) is 72.2 Å². The minimum absolute atomic E-state index is 0.0770. The van der Waals surface area contributed by atoms with Gasteiger partial charge in [0.2, 0.25) is 0 Å². The van der Waals surface area contributed by atoms with Gasteiger partial charge < -0.3 is 5.32 Å². The average Bonchev–Trinajstić information content (AvgIpc) is 3.38. The molecule has 29 heavy (non-hydrogen) atoms. The molecule has 1 unspecified atom stereocenters. The number of fused-ring (bicyclic) bond motifs is 1. The van der Waals surface area contributed by atoms with Gasteiger partial charge in [-0.2, -0.15) is 18.3 Å². The Morgan fingerprint density at radius 1 is 1.24 bits per heavy atom. The number of hydrogen-bond donors (Lipinski definition) is 1. The second-order valence-corrected chi connectivity index (χ2v) is 7.19. The fraction of sp³-hybridized carbons (Fsp3) is 0.368. The van der Waals surface area contributed by atoms with Gasteiger partial charge >= 0.3 is 6.18 Å². The molecular weight excluding hydrogens is 390 g/mol. The Bertz CT molecular complexity index is 1100. The van der Waals surface area contributed by atoms with E-state index in [2.05, 4.69) is 20.4 Å². The van der Waals surface area contributed by atoms with Crippen LogP contribution in [0.3, 0.4) is 0 Å². The maximum Gasteiger partial charge on any atom is 0.408 e. The Kier molecular flexibility index (Phi) is 4.51. The lowest BCUT2D eigenvalue weighted by atomic mass is 10.1. The van der Waals surface area contributed by atoms with Crippen molar-refractivity contribution in [1.82, 2.24) is 24.9 Å². The molecule has 1 aliphatic carbocycles. The van der Waals surface area contributed by atoms with Crippen molar-refractivity contribution in [3.8, 4) is 11.3 Å². The van der Waals surface area contributed by atoms with Crippen LogP contribution < -0.4 is 5.32 Å². The summed E-state index contributed by atoms with van der Waals surface area (Å²) < 4.78 is 54.8. The van der Waals surface area contributed by atoms with Crippen LogP contribution in [0.4, 0.5) is 17.6 Å². The van der Waals surface area contributed by atoms with Crippen LogP contribution in [-0.4, -0.2) is 37.7 Å². The molecule has 1 N–H and O–H groups in total. The fourth-order valence-electron chi connectivity index (χ4n) is 3.29. The fourth-order valence-corrected chi connectivity index (χ4v) is 3.29. The molecule has 6 nitrogen and oxygen atoms in total. The Hall–Kier alpha value is -3.04. The number of aryl methyl sites for hydroxylation is 2. The zero-order chi connectivity index (χ0) is 20.9. The molecule has 0 radical (unpaired) electrons. The zero-order valence-electron chi connectivity index (χ0n) is 15.6. The normalized spacial score (nSPS) is 15.5. The van der Waals surface area contributed by atoms with Gasteiger partial charge in [0, 0.05) is 17.0 Å². The van der Waals surface area contributed by atoms with Crippen molar-refractivity contribution < 1.29 is 22.4 Å². The Balaban J connectivity index is 1.75. The van der Waals surface area contributed by atoms with Crippen LogP contribution in [0.5, 0.6) is 0 Å². The predicted molar refractivity (Wildman–Crippen MR) is 95.7 cm³/mol. The van der Waals surface area contributed by atoms with Gasteiger partial charge in [-0.3, -0.25) is 9.78 Å². The third kappa shape index (κ3) is 3.66. The van der Waals surface area contributed by atoms with Crippen LogP contribution >= 0.6 is 0 Å².